The van der Waals surface area contributed by atoms with Crippen LogP contribution in [0.1, 0.15) is 11.1 Å². The van der Waals surface area contributed by atoms with Crippen LogP contribution in [0.3, 0.4) is 0 Å². The summed E-state index contributed by atoms with van der Waals surface area (Å²) in [5.74, 6) is -2.99. The molecule has 3 nitrogen and oxygen atoms in total. The van der Waals surface area contributed by atoms with Crippen LogP contribution in [0, 0.1) is 0 Å². The lowest BCUT2D eigenvalue weighted by Crippen LogP contribution is -2.09. The summed E-state index contributed by atoms with van der Waals surface area (Å²) in [5, 5.41) is 8.27. The molecule has 0 fully saturated rings. The van der Waals surface area contributed by atoms with Gasteiger partial charge in [-0.3, -0.25) is 4.79 Å². The Morgan fingerprint density at radius 1 is 1.18 bits per heavy atom. The van der Waals surface area contributed by atoms with Gasteiger partial charge >= 0.3 is 12.1 Å². The Hall–Kier alpha value is -2.11. The summed E-state index contributed by atoms with van der Waals surface area (Å²) in [6.07, 6.45) is -3.13. The van der Waals surface area contributed by atoms with Crippen molar-refractivity contribution in [2.24, 2.45) is 0 Å². The van der Waals surface area contributed by atoms with Crippen molar-refractivity contribution in [3.8, 4) is 0 Å². The topological polar surface area (TPSA) is 54.4 Å². The van der Waals surface area contributed by atoms with Crippen molar-refractivity contribution in [1.29, 1.82) is 0 Å². The Labute approximate surface area is 94.2 Å². The molecule has 0 aliphatic carbocycles. The van der Waals surface area contributed by atoms with Gasteiger partial charge in [0.2, 0.25) is 0 Å². The van der Waals surface area contributed by atoms with E-state index < -0.39 is 23.5 Å². The van der Waals surface area contributed by atoms with Crippen molar-refractivity contribution < 1.29 is 27.9 Å². The maximum absolute atomic E-state index is 12.5. The van der Waals surface area contributed by atoms with Gasteiger partial charge in [-0.15, -0.1) is 0 Å². The molecule has 0 spiro atoms. The summed E-state index contributed by atoms with van der Waals surface area (Å²) in [4.78, 5) is 20.9. The summed E-state index contributed by atoms with van der Waals surface area (Å²) in [6.45, 7) is 0. The number of carboxylic acid groups (broad SMARTS) is 1. The highest BCUT2D eigenvalue weighted by Gasteiger charge is 2.32. The molecule has 0 aliphatic rings. The van der Waals surface area contributed by atoms with Crippen LogP contribution in [0.25, 0.3) is 6.08 Å². The first-order valence-electron chi connectivity index (χ1n) is 4.44. The summed E-state index contributed by atoms with van der Waals surface area (Å²) in [5.41, 5.74) is -1.18. The second kappa shape index (κ2) is 4.82. The molecular formula is C11H7F3O3. The Morgan fingerprint density at radius 3 is 2.29 bits per heavy atom. The standard InChI is InChI=1S/C11H7F3O3/c12-11(13,14)8-4-2-1-3-7(8)5-6-9(15)10(16)17/h1-6H,(H,16,17)/b6-5+. The zero-order chi connectivity index (χ0) is 13.1. The normalized spacial score (nSPS) is 11.7. The third kappa shape index (κ3) is 3.44. The summed E-state index contributed by atoms with van der Waals surface area (Å²) >= 11 is 0. The van der Waals surface area contributed by atoms with Crippen LogP contribution in [0.15, 0.2) is 30.3 Å². The predicted molar refractivity (Wildman–Crippen MR) is 53.1 cm³/mol. The minimum Gasteiger partial charge on any atom is -0.475 e. The summed E-state index contributed by atoms with van der Waals surface area (Å²) < 4.78 is 37.5. The molecule has 0 aliphatic heterocycles. The van der Waals surface area contributed by atoms with Crippen molar-refractivity contribution in [3.05, 3.63) is 41.5 Å². The number of carboxylic acids is 1. The third-order valence-electron chi connectivity index (χ3n) is 1.89. The van der Waals surface area contributed by atoms with E-state index >= 15 is 0 Å². The molecule has 0 aromatic heterocycles. The number of aliphatic carboxylic acids is 1. The van der Waals surface area contributed by atoms with E-state index in [1.807, 2.05) is 0 Å². The highest BCUT2D eigenvalue weighted by atomic mass is 19.4. The second-order valence-electron chi connectivity index (χ2n) is 3.09. The van der Waals surface area contributed by atoms with E-state index in [1.54, 1.807) is 0 Å². The van der Waals surface area contributed by atoms with Crippen molar-refractivity contribution in [3.63, 3.8) is 0 Å². The lowest BCUT2D eigenvalue weighted by atomic mass is 10.1. The molecule has 0 saturated heterocycles. The van der Waals surface area contributed by atoms with Crippen LogP contribution >= 0.6 is 0 Å². The molecule has 0 saturated carbocycles. The molecule has 1 rings (SSSR count). The van der Waals surface area contributed by atoms with E-state index in [-0.39, 0.29) is 5.56 Å². The van der Waals surface area contributed by atoms with E-state index in [4.69, 9.17) is 5.11 Å². The molecular weight excluding hydrogens is 237 g/mol. The first-order valence-corrected chi connectivity index (χ1v) is 4.44. The number of hydrogen-bond acceptors (Lipinski definition) is 2. The lowest BCUT2D eigenvalue weighted by molar-refractivity contribution is -0.146. The minimum absolute atomic E-state index is 0.255. The molecule has 6 heteroatoms. The fourth-order valence-corrected chi connectivity index (χ4v) is 1.14. The van der Waals surface area contributed by atoms with Crippen LogP contribution in [0.2, 0.25) is 0 Å². The Kier molecular flexibility index (Phi) is 3.67. The molecule has 17 heavy (non-hydrogen) atoms. The Bertz CT molecular complexity index is 475. The fourth-order valence-electron chi connectivity index (χ4n) is 1.14. The summed E-state index contributed by atoms with van der Waals surface area (Å²) in [7, 11) is 0. The highest BCUT2D eigenvalue weighted by molar-refractivity contribution is 6.38. The van der Waals surface area contributed by atoms with Crippen molar-refractivity contribution >= 4 is 17.8 Å². The van der Waals surface area contributed by atoms with Crippen LogP contribution in [-0.2, 0) is 15.8 Å². The zero-order valence-electron chi connectivity index (χ0n) is 8.36. The zero-order valence-corrected chi connectivity index (χ0v) is 8.36. The van der Waals surface area contributed by atoms with Crippen molar-refractivity contribution in [1.82, 2.24) is 0 Å². The number of alkyl halides is 3. The van der Waals surface area contributed by atoms with E-state index in [9.17, 15) is 22.8 Å². The molecule has 0 heterocycles. The molecule has 0 atom stereocenters. The van der Waals surface area contributed by atoms with Gasteiger partial charge in [-0.1, -0.05) is 24.3 Å². The molecule has 1 aromatic carbocycles. The number of rotatable bonds is 3. The van der Waals surface area contributed by atoms with Crippen molar-refractivity contribution in [2.75, 3.05) is 0 Å². The van der Waals surface area contributed by atoms with Gasteiger partial charge in [-0.25, -0.2) is 4.79 Å². The minimum atomic E-state index is -4.55. The molecule has 90 valence electrons. The average molecular weight is 244 g/mol. The van der Waals surface area contributed by atoms with E-state index in [1.165, 1.54) is 12.1 Å². The highest BCUT2D eigenvalue weighted by Crippen LogP contribution is 2.32. The van der Waals surface area contributed by atoms with Crippen LogP contribution in [-0.4, -0.2) is 16.9 Å². The smallest absolute Gasteiger partial charge is 0.416 e. The Morgan fingerprint density at radius 2 is 1.76 bits per heavy atom. The average Bonchev–Trinajstić information content (AvgIpc) is 2.24. The fraction of sp³-hybridized carbons (Fsp3) is 0.0909. The monoisotopic (exact) mass is 244 g/mol. The van der Waals surface area contributed by atoms with Gasteiger partial charge in [0.1, 0.15) is 0 Å². The molecule has 0 radical (unpaired) electrons. The number of hydrogen-bond donors (Lipinski definition) is 1. The van der Waals surface area contributed by atoms with Gasteiger partial charge in [0.05, 0.1) is 5.56 Å². The quantitative estimate of drug-likeness (QED) is 0.656. The van der Waals surface area contributed by atoms with Gasteiger partial charge in [0.15, 0.2) is 0 Å². The predicted octanol–water partition coefficient (Wildman–Crippen LogP) is 2.37. The molecule has 0 amide bonds. The van der Waals surface area contributed by atoms with Gasteiger partial charge in [0.25, 0.3) is 5.78 Å². The van der Waals surface area contributed by atoms with Gasteiger partial charge in [-0.2, -0.15) is 13.2 Å². The van der Waals surface area contributed by atoms with E-state index in [0.717, 1.165) is 18.2 Å². The second-order valence-corrected chi connectivity index (χ2v) is 3.09. The third-order valence-corrected chi connectivity index (χ3v) is 1.89. The largest absolute Gasteiger partial charge is 0.475 e. The molecule has 0 unspecified atom stereocenters. The SMILES string of the molecule is O=C(O)C(=O)/C=C/c1ccccc1C(F)(F)F. The molecule has 0 bridgehead atoms. The number of ketones is 1. The van der Waals surface area contributed by atoms with Crippen molar-refractivity contribution in [2.45, 2.75) is 6.18 Å². The van der Waals surface area contributed by atoms with Crippen LogP contribution < -0.4 is 0 Å². The van der Waals surface area contributed by atoms with Crippen LogP contribution in [0.5, 0.6) is 0 Å². The lowest BCUT2D eigenvalue weighted by Gasteiger charge is -2.09. The molecule has 1 aromatic rings. The maximum Gasteiger partial charge on any atom is 0.416 e. The number of carbonyl (C=O) groups is 2. The maximum atomic E-state index is 12.5. The van der Waals surface area contributed by atoms with E-state index in [2.05, 4.69) is 0 Å². The van der Waals surface area contributed by atoms with E-state index in [0.29, 0.717) is 6.08 Å². The van der Waals surface area contributed by atoms with Gasteiger partial charge < -0.3 is 5.11 Å². The number of benzene rings is 1. The Balaban J connectivity index is 3.08. The first kappa shape index (κ1) is 13.0. The summed E-state index contributed by atoms with van der Waals surface area (Å²) in [6, 6.07) is 4.57. The molecule has 1 N–H and O–H groups in total. The number of carbonyl (C=O) groups excluding carboxylic acids is 1. The van der Waals surface area contributed by atoms with Gasteiger partial charge in [-0.05, 0) is 17.7 Å². The number of halogens is 3. The first-order chi connectivity index (χ1) is 7.82. The van der Waals surface area contributed by atoms with Crippen LogP contribution in [0.4, 0.5) is 13.2 Å². The van der Waals surface area contributed by atoms with Gasteiger partial charge in [0, 0.05) is 0 Å².